The molecule has 0 saturated carbocycles. The van der Waals surface area contributed by atoms with Gasteiger partial charge in [0, 0.05) is 13.6 Å². The van der Waals surface area contributed by atoms with Crippen LogP contribution in [0.2, 0.25) is 14.4 Å². The highest BCUT2D eigenvalue weighted by Gasteiger charge is 2.38. The van der Waals surface area contributed by atoms with E-state index in [0.29, 0.717) is 37.5 Å². The number of aryl methyl sites for hydroxylation is 1. The molecule has 1 aliphatic heterocycles. The highest BCUT2D eigenvalue weighted by molar-refractivity contribution is 7.91. The van der Waals surface area contributed by atoms with Crippen molar-refractivity contribution < 1.29 is 13.2 Å². The van der Waals surface area contributed by atoms with Gasteiger partial charge in [-0.15, -0.1) is 11.3 Å². The van der Waals surface area contributed by atoms with Crippen molar-refractivity contribution in [1.82, 2.24) is 8.87 Å². The van der Waals surface area contributed by atoms with E-state index in [1.165, 1.54) is 27.8 Å². The number of amides is 1. The number of nitrogens with zero attached hydrogens (tertiary/aromatic N) is 3. The minimum atomic E-state index is -3.83. The minimum Gasteiger partial charge on any atom is -0.318 e. The van der Waals surface area contributed by atoms with Gasteiger partial charge in [-0.2, -0.15) is 9.30 Å². The highest BCUT2D eigenvalue weighted by atomic mass is 35.5. The molecular formula is C18H16Cl3N3O3S3. The zero-order valence-corrected chi connectivity index (χ0v) is 20.4. The van der Waals surface area contributed by atoms with Gasteiger partial charge in [0.25, 0.3) is 15.9 Å². The van der Waals surface area contributed by atoms with Crippen LogP contribution in [0.1, 0.15) is 19.3 Å². The van der Waals surface area contributed by atoms with Crippen molar-refractivity contribution in [1.29, 1.82) is 0 Å². The standard InChI is InChI=1S/C18H16Cl3N3O3S3/c1-23-15-10(19)5-6-11(20)16(15)29-18(23)22-17(25)12-4-2-3-9-24(12)30(26,27)14-8-7-13(21)28-14/h5-8,12H,2-4,9H2,1H3. The predicted octanol–water partition coefficient (Wildman–Crippen LogP) is 4.93. The fourth-order valence-electron chi connectivity index (χ4n) is 3.45. The molecule has 1 aromatic carbocycles. The Balaban J connectivity index is 1.75. The summed E-state index contributed by atoms with van der Waals surface area (Å²) < 4.78 is 30.4. The quantitative estimate of drug-likeness (QED) is 0.488. The monoisotopic (exact) mass is 523 g/mol. The molecule has 1 saturated heterocycles. The van der Waals surface area contributed by atoms with Crippen molar-refractivity contribution in [2.75, 3.05) is 6.54 Å². The number of halogens is 3. The molecule has 0 N–H and O–H groups in total. The third-order valence-electron chi connectivity index (χ3n) is 4.91. The van der Waals surface area contributed by atoms with Crippen molar-refractivity contribution in [3.8, 4) is 0 Å². The normalized spacial score (nSPS) is 18.9. The van der Waals surface area contributed by atoms with Gasteiger partial charge in [-0.3, -0.25) is 4.79 Å². The Bertz CT molecular complexity index is 1310. The number of piperidine rings is 1. The first-order valence-electron chi connectivity index (χ1n) is 8.99. The zero-order chi connectivity index (χ0) is 21.6. The topological polar surface area (TPSA) is 71.7 Å². The molecule has 1 unspecified atom stereocenters. The number of rotatable bonds is 3. The summed E-state index contributed by atoms with van der Waals surface area (Å²) in [5.74, 6) is -0.504. The molecule has 0 spiro atoms. The molecule has 2 aromatic heterocycles. The lowest BCUT2D eigenvalue weighted by Gasteiger charge is -2.31. The van der Waals surface area contributed by atoms with Crippen LogP contribution in [0.3, 0.4) is 0 Å². The van der Waals surface area contributed by atoms with Crippen molar-refractivity contribution in [2.24, 2.45) is 12.0 Å². The average Bonchev–Trinajstić information content (AvgIpc) is 3.30. The Hall–Kier alpha value is -0.940. The number of benzene rings is 1. The highest BCUT2D eigenvalue weighted by Crippen LogP contribution is 2.33. The van der Waals surface area contributed by atoms with Crippen molar-refractivity contribution in [2.45, 2.75) is 29.5 Å². The molecule has 0 aliphatic carbocycles. The van der Waals surface area contributed by atoms with Crippen molar-refractivity contribution in [3.63, 3.8) is 0 Å². The maximum atomic E-state index is 13.1. The summed E-state index contributed by atoms with van der Waals surface area (Å²) in [4.78, 5) is 17.8. The second-order valence-corrected chi connectivity index (χ2v) is 12.4. The fourth-order valence-corrected chi connectivity index (χ4v) is 8.37. The number of aromatic nitrogens is 1. The smallest absolute Gasteiger partial charge is 0.266 e. The first-order valence-corrected chi connectivity index (χ1v) is 13.2. The lowest BCUT2D eigenvalue weighted by molar-refractivity contribution is -0.122. The van der Waals surface area contributed by atoms with Crippen LogP contribution in [0.15, 0.2) is 33.5 Å². The minimum absolute atomic E-state index is 0.123. The van der Waals surface area contributed by atoms with Crippen molar-refractivity contribution >= 4 is 83.6 Å². The first kappa shape index (κ1) is 22.3. The molecule has 160 valence electrons. The van der Waals surface area contributed by atoms with Crippen LogP contribution in [0.25, 0.3) is 10.2 Å². The molecule has 30 heavy (non-hydrogen) atoms. The molecule has 1 amide bonds. The molecule has 1 fully saturated rings. The van der Waals surface area contributed by atoms with E-state index in [4.69, 9.17) is 34.8 Å². The van der Waals surface area contributed by atoms with Crippen LogP contribution in [0, 0.1) is 0 Å². The molecular weight excluding hydrogens is 509 g/mol. The lowest BCUT2D eigenvalue weighted by Crippen LogP contribution is -2.47. The number of thiazole rings is 1. The van der Waals surface area contributed by atoms with Gasteiger partial charge in [-0.25, -0.2) is 8.42 Å². The van der Waals surface area contributed by atoms with E-state index < -0.39 is 22.0 Å². The van der Waals surface area contributed by atoms with E-state index in [-0.39, 0.29) is 10.8 Å². The van der Waals surface area contributed by atoms with Gasteiger partial charge in [-0.05, 0) is 37.1 Å². The summed E-state index contributed by atoms with van der Waals surface area (Å²) in [6, 6.07) is 5.52. The van der Waals surface area contributed by atoms with Crippen LogP contribution in [-0.2, 0) is 21.9 Å². The predicted molar refractivity (Wildman–Crippen MR) is 122 cm³/mol. The van der Waals surface area contributed by atoms with Gasteiger partial charge >= 0.3 is 0 Å². The number of hydrogen-bond donors (Lipinski definition) is 0. The van der Waals surface area contributed by atoms with Gasteiger partial charge in [0.15, 0.2) is 4.80 Å². The fraction of sp³-hybridized carbons (Fsp3) is 0.333. The van der Waals surface area contributed by atoms with E-state index in [1.54, 1.807) is 23.7 Å². The molecule has 1 atom stereocenters. The maximum Gasteiger partial charge on any atom is 0.266 e. The van der Waals surface area contributed by atoms with Gasteiger partial charge < -0.3 is 4.57 Å². The molecule has 0 bridgehead atoms. The molecule has 1 aliphatic rings. The number of thiophene rings is 1. The summed E-state index contributed by atoms with van der Waals surface area (Å²) >= 11 is 20.7. The second-order valence-electron chi connectivity index (χ2n) is 6.79. The van der Waals surface area contributed by atoms with Crippen LogP contribution in [-0.4, -0.2) is 35.8 Å². The van der Waals surface area contributed by atoms with Gasteiger partial charge in [-0.1, -0.05) is 52.6 Å². The van der Waals surface area contributed by atoms with Crippen LogP contribution in [0.4, 0.5) is 0 Å². The van der Waals surface area contributed by atoms with Crippen LogP contribution >= 0.6 is 57.5 Å². The summed E-state index contributed by atoms with van der Waals surface area (Å²) in [5.41, 5.74) is 0.682. The summed E-state index contributed by atoms with van der Waals surface area (Å²) in [6.45, 7) is 0.264. The van der Waals surface area contributed by atoms with Gasteiger partial charge in [0.1, 0.15) is 10.3 Å². The Labute approximate surface area is 196 Å². The lowest BCUT2D eigenvalue weighted by atomic mass is 10.0. The van der Waals surface area contributed by atoms with E-state index >= 15 is 0 Å². The third kappa shape index (κ3) is 3.97. The Kier molecular flexibility index (Phi) is 6.33. The van der Waals surface area contributed by atoms with Gasteiger partial charge in [0.05, 0.1) is 24.6 Å². The number of sulfonamides is 1. The first-order chi connectivity index (χ1) is 14.2. The maximum absolute atomic E-state index is 13.1. The Morgan fingerprint density at radius 3 is 2.50 bits per heavy atom. The van der Waals surface area contributed by atoms with Crippen LogP contribution < -0.4 is 4.80 Å². The molecule has 12 heteroatoms. The number of fused-ring (bicyclic) bond motifs is 1. The zero-order valence-electron chi connectivity index (χ0n) is 15.6. The Morgan fingerprint density at radius 1 is 1.10 bits per heavy atom. The molecule has 0 radical (unpaired) electrons. The number of carbonyl (C=O) groups is 1. The summed E-state index contributed by atoms with van der Waals surface area (Å²) in [7, 11) is -2.09. The largest absolute Gasteiger partial charge is 0.318 e. The molecule has 3 heterocycles. The van der Waals surface area contributed by atoms with E-state index in [0.717, 1.165) is 22.5 Å². The third-order valence-corrected chi connectivity index (χ3v) is 10.4. The number of hydrogen-bond acceptors (Lipinski definition) is 5. The molecule has 3 aromatic rings. The summed E-state index contributed by atoms with van der Waals surface area (Å²) in [5, 5.41) is 1.01. The second kappa shape index (κ2) is 8.54. The molecule has 4 rings (SSSR count). The van der Waals surface area contributed by atoms with E-state index in [9.17, 15) is 13.2 Å². The van der Waals surface area contributed by atoms with Crippen molar-refractivity contribution in [3.05, 3.63) is 43.4 Å². The Morgan fingerprint density at radius 2 is 1.83 bits per heavy atom. The van der Waals surface area contributed by atoms with E-state index in [1.807, 2.05) is 0 Å². The summed E-state index contributed by atoms with van der Waals surface area (Å²) in [6.07, 6.45) is 1.85. The average molecular weight is 525 g/mol. The van der Waals surface area contributed by atoms with Gasteiger partial charge in [0.2, 0.25) is 0 Å². The molecule has 6 nitrogen and oxygen atoms in total. The van der Waals surface area contributed by atoms with Crippen LogP contribution in [0.5, 0.6) is 0 Å². The van der Waals surface area contributed by atoms with E-state index in [2.05, 4.69) is 4.99 Å². The SMILES string of the molecule is Cn1c(=NC(=O)C2CCCCN2S(=O)(=O)c2ccc(Cl)s2)sc2c(Cl)ccc(Cl)c21. The number of carbonyl (C=O) groups excluding carboxylic acids is 1.